The molecule has 4 aliphatic heterocycles. The van der Waals surface area contributed by atoms with E-state index < -0.39 is 100 Å². The molecular weight excluding hydrogens is 782 g/mol. The first-order chi connectivity index (χ1) is 28.3. The number of ketones is 2. The minimum absolute atomic E-state index is 0.00386. The summed E-state index contributed by atoms with van der Waals surface area (Å²) < 4.78 is 23.5. The van der Waals surface area contributed by atoms with Crippen molar-refractivity contribution < 1.29 is 58.6 Å². The van der Waals surface area contributed by atoms with Crippen molar-refractivity contribution in [1.29, 1.82) is 0 Å². The monoisotopic (exact) mass is 837 g/mol. The normalized spacial score (nSPS) is 33.8. The Balaban J connectivity index is 1.65. The summed E-state index contributed by atoms with van der Waals surface area (Å²) >= 11 is 0. The number of aliphatic hydroxyl groups excluding tert-OH is 3. The average Bonchev–Trinajstić information content (AvgIpc) is 3.49. The molecule has 0 saturated carbocycles. The third-order valence-electron chi connectivity index (χ3n) is 11.9. The molecule has 4 heterocycles. The number of methoxy groups -OCH3 is 1. The molecule has 5 aliphatic rings. The number of carbonyl (C=O) groups excluding carboxylic acids is 4. The van der Waals surface area contributed by atoms with Crippen molar-refractivity contribution in [2.75, 3.05) is 33.3 Å². The van der Waals surface area contributed by atoms with Crippen LogP contribution in [0.2, 0.25) is 0 Å². The zero-order valence-electron chi connectivity index (χ0n) is 35.2. The Hall–Kier alpha value is -5.43. The number of hydrazone groups is 1. The molecule has 0 aromatic heterocycles. The second-order valence-electron chi connectivity index (χ2n) is 16.0. The fourth-order valence-electron chi connectivity index (χ4n) is 8.02. The van der Waals surface area contributed by atoms with E-state index in [9.17, 15) is 44.5 Å². The number of nitroso groups, excluding NO2 is 1. The molecule has 1 amide bonds. The zero-order valence-corrected chi connectivity index (χ0v) is 35.2. The van der Waals surface area contributed by atoms with Gasteiger partial charge in [-0.25, -0.2) is 0 Å². The van der Waals surface area contributed by atoms with Crippen LogP contribution in [0, 0.1) is 35.5 Å². The van der Waals surface area contributed by atoms with Crippen LogP contribution in [-0.4, -0.2) is 124 Å². The van der Waals surface area contributed by atoms with Gasteiger partial charge in [-0.15, -0.1) is 4.91 Å². The largest absolute Gasteiger partial charge is 0.507 e. The number of hydrogen-bond acceptors (Lipinski definition) is 16. The van der Waals surface area contributed by atoms with Gasteiger partial charge in [0.1, 0.15) is 23.7 Å². The summed E-state index contributed by atoms with van der Waals surface area (Å²) in [4.78, 5) is 66.0. The minimum atomic E-state index is -2.08. The van der Waals surface area contributed by atoms with E-state index in [2.05, 4.69) is 15.7 Å². The number of nitrogens with one attached hydrogen (secondary N) is 1. The predicted molar refractivity (Wildman–Crippen MR) is 216 cm³/mol. The van der Waals surface area contributed by atoms with Crippen molar-refractivity contribution in [2.24, 2.45) is 34.1 Å². The van der Waals surface area contributed by atoms with Gasteiger partial charge in [-0.2, -0.15) is 5.10 Å². The van der Waals surface area contributed by atoms with Crippen LogP contribution in [0.25, 0.3) is 0 Å². The highest BCUT2D eigenvalue weighted by molar-refractivity contribution is 6.21. The Morgan fingerprint density at radius 1 is 0.967 bits per heavy atom. The average molecular weight is 838 g/mol. The summed E-state index contributed by atoms with van der Waals surface area (Å²) in [5.41, 5.74) is -1.42. The number of nitrogens with zero attached hydrogens (tertiary/aromatic N) is 4. The number of benzene rings is 1. The highest BCUT2D eigenvalue weighted by Gasteiger charge is 2.52. The molecule has 18 heteroatoms. The summed E-state index contributed by atoms with van der Waals surface area (Å²) in [6.07, 6.45) is 2.68. The number of aromatic hydroxyl groups is 1. The summed E-state index contributed by atoms with van der Waals surface area (Å²) in [6.45, 7) is 13.4. The van der Waals surface area contributed by atoms with E-state index in [1.807, 2.05) is 0 Å². The number of phenolic OH excluding ortho intramolecular Hbond substituents is 1. The molecule has 1 aromatic carbocycles. The van der Waals surface area contributed by atoms with Gasteiger partial charge < -0.3 is 44.7 Å². The molecule has 18 nitrogen and oxygen atoms in total. The molecular formula is C42H55N5O13. The molecule has 1 saturated heterocycles. The molecule has 5 N–H and O–H groups in total. The summed E-state index contributed by atoms with van der Waals surface area (Å²) in [7, 11) is 1.42. The van der Waals surface area contributed by atoms with Gasteiger partial charge in [-0.05, 0) is 19.9 Å². The number of ether oxygens (including phenoxy) is 4. The highest BCUT2D eigenvalue weighted by atomic mass is 16.7. The Morgan fingerprint density at radius 2 is 1.62 bits per heavy atom. The maximum Gasteiger partial charge on any atom is 0.312 e. The SMILES string of the molecule is CO[C@@H]1/C=C/O[C@@]2(C)Oc3c(C)c(O)c4c(c3C2=O)C(O)C(/C=N/N2CCN(N=O)CC2)=C(NC(=O)/C(C)=C\C=C\[C@H](C)[C@H](O)[C@@H](C)[C@@H](O)[C@@H](C)[C@H](OC(C)=O)[C@@H]1C)C4=O. The molecule has 1 unspecified atom stereocenters. The van der Waals surface area contributed by atoms with Crippen molar-refractivity contribution in [2.45, 2.75) is 91.7 Å². The standard InChI is InChI=1S/C42H55N5O13/c1-20-11-10-12-21(2)41(55)44-32-27(19-43-46-14-16-47(45-56)17-15-46)36(52)29-30(37(32)53)35(51)25(6)39-31(29)40(54)42(8,60-39)58-18-13-28(57-9)22(3)38(59-26(7)48)24(5)34(50)23(4)33(20)49/h10-13,18-20,22-24,28,33-34,36,38,49-52H,14-17H2,1-9H3,(H,44,55)/b11-10+,18-13+,21-12-,43-19+/t20-,22+,23+,24+,28+,33-,34+,36?,38+,42-/m0/s1. The Labute approximate surface area is 348 Å². The third-order valence-corrected chi connectivity index (χ3v) is 11.9. The van der Waals surface area contributed by atoms with Gasteiger partial charge in [0.2, 0.25) is 5.78 Å². The molecule has 1 aromatic rings. The van der Waals surface area contributed by atoms with Crippen molar-refractivity contribution in [3.63, 3.8) is 0 Å². The second kappa shape index (κ2) is 18.5. The number of allylic oxidation sites excluding steroid dienone is 3. The molecule has 1 fully saturated rings. The van der Waals surface area contributed by atoms with Gasteiger partial charge in [0.15, 0.2) is 0 Å². The smallest absolute Gasteiger partial charge is 0.312 e. The quantitative estimate of drug-likeness (QED) is 0.162. The maximum atomic E-state index is 14.5. The Bertz CT molecular complexity index is 2040. The molecule has 60 heavy (non-hydrogen) atoms. The number of amides is 1. The van der Waals surface area contributed by atoms with Crippen molar-refractivity contribution in [3.8, 4) is 11.5 Å². The van der Waals surface area contributed by atoms with Gasteiger partial charge in [0.05, 0.1) is 79.1 Å². The number of rotatable bonds is 5. The first-order valence-corrected chi connectivity index (χ1v) is 19.8. The zero-order chi connectivity index (χ0) is 44.4. The van der Waals surface area contributed by atoms with Gasteiger partial charge in [0.25, 0.3) is 11.7 Å². The van der Waals surface area contributed by atoms with Crippen LogP contribution in [0.4, 0.5) is 0 Å². The number of carbonyl (C=O) groups is 4. The summed E-state index contributed by atoms with van der Waals surface area (Å²) in [6, 6.07) is 0. The van der Waals surface area contributed by atoms with Crippen LogP contribution in [0.5, 0.6) is 11.5 Å². The van der Waals surface area contributed by atoms with Gasteiger partial charge in [-0.1, -0.05) is 45.9 Å². The molecule has 6 rings (SSSR count). The van der Waals surface area contributed by atoms with E-state index >= 15 is 0 Å². The lowest BCUT2D eigenvalue weighted by atomic mass is 9.78. The van der Waals surface area contributed by atoms with Crippen LogP contribution in [0.1, 0.15) is 86.4 Å². The molecule has 0 radical (unpaired) electrons. The maximum absolute atomic E-state index is 14.5. The number of phenols is 1. The number of esters is 1. The third kappa shape index (κ3) is 8.87. The molecule has 5 bridgehead atoms. The predicted octanol–water partition coefficient (Wildman–Crippen LogP) is 3.14. The van der Waals surface area contributed by atoms with Gasteiger partial charge in [0, 0.05) is 66.9 Å². The summed E-state index contributed by atoms with van der Waals surface area (Å²) in [5.74, 6) is -8.45. The van der Waals surface area contributed by atoms with E-state index in [0.29, 0.717) is 0 Å². The first-order valence-electron chi connectivity index (χ1n) is 19.8. The van der Waals surface area contributed by atoms with Crippen LogP contribution >= 0.6 is 0 Å². The number of piperazine rings is 1. The first kappa shape index (κ1) is 45.7. The van der Waals surface area contributed by atoms with E-state index in [4.69, 9.17) is 18.9 Å². The Kier molecular flexibility index (Phi) is 14.0. The lowest BCUT2D eigenvalue weighted by Crippen LogP contribution is -2.46. The van der Waals surface area contributed by atoms with Gasteiger partial charge in [-0.3, -0.25) is 29.2 Å². The minimum Gasteiger partial charge on any atom is -0.507 e. The van der Waals surface area contributed by atoms with Crippen LogP contribution in [0.15, 0.2) is 57.8 Å². The fourth-order valence-corrected chi connectivity index (χ4v) is 8.02. The van der Waals surface area contributed by atoms with E-state index in [-0.39, 0.29) is 59.8 Å². The van der Waals surface area contributed by atoms with Crippen molar-refractivity contribution >= 4 is 29.7 Å². The van der Waals surface area contributed by atoms with Crippen LogP contribution in [-0.2, 0) is 23.8 Å². The number of aliphatic hydroxyl groups is 3. The molecule has 1 aliphatic carbocycles. The van der Waals surface area contributed by atoms with Crippen molar-refractivity contribution in [3.05, 3.63) is 74.6 Å². The lowest BCUT2D eigenvalue weighted by molar-refractivity contribution is -0.160. The highest BCUT2D eigenvalue weighted by Crippen LogP contribution is 2.51. The number of Topliss-reactive ketones (excluding diaryl/α,β-unsaturated/α-hetero) is 2. The Morgan fingerprint density at radius 3 is 2.23 bits per heavy atom. The summed E-state index contributed by atoms with van der Waals surface area (Å²) in [5, 5.41) is 59.3. The molecule has 10 atom stereocenters. The number of hydrogen-bond donors (Lipinski definition) is 5. The van der Waals surface area contributed by atoms with E-state index in [1.54, 1.807) is 44.9 Å². The van der Waals surface area contributed by atoms with Crippen molar-refractivity contribution in [1.82, 2.24) is 15.3 Å². The lowest BCUT2D eigenvalue weighted by Gasteiger charge is -2.38. The van der Waals surface area contributed by atoms with Gasteiger partial charge >= 0.3 is 11.8 Å². The molecule has 326 valence electrons. The fraction of sp³-hybridized carbons (Fsp3) is 0.548. The molecule has 0 spiro atoms. The van der Waals surface area contributed by atoms with Crippen LogP contribution < -0.4 is 10.1 Å². The topological polar surface area (TPSA) is 246 Å². The second-order valence-corrected chi connectivity index (χ2v) is 16.0. The van der Waals surface area contributed by atoms with E-state index in [0.717, 1.165) is 0 Å². The van der Waals surface area contributed by atoms with Crippen LogP contribution in [0.3, 0.4) is 0 Å². The van der Waals surface area contributed by atoms with E-state index in [1.165, 1.54) is 64.4 Å². The number of fused-ring (bicyclic) bond motifs is 14.